The number of amides is 2. The average molecular weight is 357 g/mol. The van der Waals surface area contributed by atoms with Gasteiger partial charge in [-0.25, -0.2) is 5.43 Å². The van der Waals surface area contributed by atoms with Crippen LogP contribution in [0.15, 0.2) is 96.1 Å². The van der Waals surface area contributed by atoms with Crippen molar-refractivity contribution in [1.29, 1.82) is 0 Å². The molecule has 0 aromatic heterocycles. The lowest BCUT2D eigenvalue weighted by Gasteiger charge is -2.17. The lowest BCUT2D eigenvalue weighted by atomic mass is 10.1. The minimum Gasteiger partial charge on any atom is -0.336 e. The predicted molar refractivity (Wildman–Crippen MR) is 105 cm³/mol. The van der Waals surface area contributed by atoms with Crippen molar-refractivity contribution in [1.82, 2.24) is 10.7 Å². The molecule has 0 saturated heterocycles. The van der Waals surface area contributed by atoms with Crippen LogP contribution in [0.5, 0.6) is 0 Å². The second-order valence-electron chi connectivity index (χ2n) is 5.83. The maximum Gasteiger partial charge on any atom is 0.267 e. The van der Waals surface area contributed by atoms with Gasteiger partial charge in [0, 0.05) is 5.56 Å². The zero-order valence-corrected chi connectivity index (χ0v) is 14.6. The van der Waals surface area contributed by atoms with Gasteiger partial charge in [-0.1, -0.05) is 78.9 Å². The Morgan fingerprint density at radius 1 is 0.778 bits per heavy atom. The summed E-state index contributed by atoms with van der Waals surface area (Å²) in [5.74, 6) is -0.746. The van der Waals surface area contributed by atoms with Crippen LogP contribution >= 0.6 is 0 Å². The summed E-state index contributed by atoms with van der Waals surface area (Å²) < 4.78 is 0. The van der Waals surface area contributed by atoms with Crippen LogP contribution in [0.3, 0.4) is 0 Å². The van der Waals surface area contributed by atoms with Crippen LogP contribution in [0.25, 0.3) is 0 Å². The Morgan fingerprint density at radius 2 is 1.33 bits per heavy atom. The third-order valence-corrected chi connectivity index (χ3v) is 3.89. The minimum absolute atomic E-state index is 0.327. The molecule has 2 N–H and O–H groups in total. The number of benzene rings is 3. The highest BCUT2D eigenvalue weighted by Crippen LogP contribution is 2.14. The molecule has 0 aliphatic heterocycles. The highest BCUT2D eigenvalue weighted by molar-refractivity contribution is 5.98. The molecule has 2 amide bonds. The summed E-state index contributed by atoms with van der Waals surface area (Å²) >= 11 is 0. The Morgan fingerprint density at radius 3 is 1.96 bits per heavy atom. The van der Waals surface area contributed by atoms with E-state index < -0.39 is 11.9 Å². The monoisotopic (exact) mass is 357 g/mol. The van der Waals surface area contributed by atoms with Gasteiger partial charge in [-0.3, -0.25) is 9.59 Å². The fourth-order valence-corrected chi connectivity index (χ4v) is 2.52. The molecule has 0 saturated carbocycles. The van der Waals surface area contributed by atoms with Crippen molar-refractivity contribution < 1.29 is 9.59 Å². The lowest BCUT2D eigenvalue weighted by Crippen LogP contribution is -2.38. The summed E-state index contributed by atoms with van der Waals surface area (Å²) in [4.78, 5) is 25.2. The number of carbonyl (C=O) groups excluding carboxylic acids is 2. The fraction of sp³-hybridized carbons (Fsp3) is 0.0455. The first kappa shape index (κ1) is 18.1. The van der Waals surface area contributed by atoms with E-state index in [0.29, 0.717) is 11.1 Å². The quantitative estimate of drug-likeness (QED) is 0.525. The molecule has 134 valence electrons. The van der Waals surface area contributed by atoms with E-state index in [4.69, 9.17) is 0 Å². The lowest BCUT2D eigenvalue weighted by molar-refractivity contribution is -0.123. The van der Waals surface area contributed by atoms with Crippen molar-refractivity contribution in [2.24, 2.45) is 5.10 Å². The van der Waals surface area contributed by atoms with Crippen molar-refractivity contribution in [2.45, 2.75) is 6.04 Å². The molecule has 3 aromatic rings. The zero-order valence-electron chi connectivity index (χ0n) is 14.6. The summed E-state index contributed by atoms with van der Waals surface area (Å²) in [6.45, 7) is 0. The van der Waals surface area contributed by atoms with Gasteiger partial charge in [-0.2, -0.15) is 5.10 Å². The van der Waals surface area contributed by atoms with Crippen LogP contribution in [-0.4, -0.2) is 18.0 Å². The molecule has 0 bridgehead atoms. The van der Waals surface area contributed by atoms with Crippen molar-refractivity contribution in [3.05, 3.63) is 108 Å². The standard InChI is InChI=1S/C22H19N3O2/c26-21(19-14-8-3-9-15-19)24-20(18-12-6-2-7-13-18)22(27)25-23-16-17-10-4-1-5-11-17/h1-16,20H,(H,24,26)(H,25,27)/b23-16-/t20-/m1/s1. The first-order valence-electron chi connectivity index (χ1n) is 8.53. The van der Waals surface area contributed by atoms with Crippen LogP contribution in [0.1, 0.15) is 27.5 Å². The Kier molecular flexibility index (Phi) is 6.09. The number of hydrazone groups is 1. The summed E-state index contributed by atoms with van der Waals surface area (Å²) in [6, 6.07) is 26.4. The largest absolute Gasteiger partial charge is 0.336 e. The molecule has 27 heavy (non-hydrogen) atoms. The number of rotatable bonds is 6. The minimum atomic E-state index is -0.855. The Balaban J connectivity index is 1.74. The second-order valence-corrected chi connectivity index (χ2v) is 5.83. The number of hydrogen-bond donors (Lipinski definition) is 2. The molecular formula is C22H19N3O2. The molecule has 5 heteroatoms. The molecule has 1 atom stereocenters. The molecule has 0 spiro atoms. The van der Waals surface area contributed by atoms with Crippen LogP contribution < -0.4 is 10.7 Å². The molecule has 5 nitrogen and oxygen atoms in total. The number of nitrogens with one attached hydrogen (secondary N) is 2. The van der Waals surface area contributed by atoms with Gasteiger partial charge in [0.05, 0.1) is 6.21 Å². The number of nitrogens with zero attached hydrogens (tertiary/aromatic N) is 1. The summed E-state index contributed by atoms with van der Waals surface area (Å²) in [7, 11) is 0. The first-order chi connectivity index (χ1) is 13.2. The molecule has 0 radical (unpaired) electrons. The van der Waals surface area contributed by atoms with Crippen molar-refractivity contribution >= 4 is 18.0 Å². The van der Waals surface area contributed by atoms with Crippen LogP contribution in [0.4, 0.5) is 0 Å². The van der Waals surface area contributed by atoms with Gasteiger partial charge in [0.15, 0.2) is 0 Å². The van der Waals surface area contributed by atoms with Gasteiger partial charge in [0.25, 0.3) is 11.8 Å². The average Bonchev–Trinajstić information content (AvgIpc) is 2.74. The molecule has 3 aromatic carbocycles. The maximum atomic E-state index is 12.7. The van der Waals surface area contributed by atoms with Crippen LogP contribution in [0.2, 0.25) is 0 Å². The molecule has 0 aliphatic rings. The number of hydrogen-bond acceptors (Lipinski definition) is 3. The molecule has 3 rings (SSSR count). The summed E-state index contributed by atoms with van der Waals surface area (Å²) in [5, 5.41) is 6.77. The highest BCUT2D eigenvalue weighted by Gasteiger charge is 2.22. The molecular weight excluding hydrogens is 338 g/mol. The molecule has 0 heterocycles. The summed E-state index contributed by atoms with van der Waals surface area (Å²) in [6.07, 6.45) is 1.55. The van der Waals surface area contributed by atoms with E-state index >= 15 is 0 Å². The van der Waals surface area contributed by atoms with Crippen LogP contribution in [-0.2, 0) is 4.79 Å². The normalized spacial score (nSPS) is 11.7. The SMILES string of the molecule is O=C(N[C@@H](C(=O)N/N=C\c1ccccc1)c1ccccc1)c1ccccc1. The van der Waals surface area contributed by atoms with Gasteiger partial charge in [0.1, 0.15) is 6.04 Å². The topological polar surface area (TPSA) is 70.6 Å². The predicted octanol–water partition coefficient (Wildman–Crippen LogP) is 3.31. The van der Waals surface area contributed by atoms with Crippen molar-refractivity contribution in [3.8, 4) is 0 Å². The third-order valence-electron chi connectivity index (χ3n) is 3.89. The molecule has 0 aliphatic carbocycles. The fourth-order valence-electron chi connectivity index (χ4n) is 2.52. The molecule has 0 unspecified atom stereocenters. The van der Waals surface area contributed by atoms with Crippen LogP contribution in [0, 0.1) is 0 Å². The number of carbonyl (C=O) groups is 2. The van der Waals surface area contributed by atoms with Gasteiger partial charge < -0.3 is 5.32 Å². The van der Waals surface area contributed by atoms with E-state index in [-0.39, 0.29) is 5.91 Å². The van der Waals surface area contributed by atoms with Gasteiger partial charge in [-0.05, 0) is 23.3 Å². The third kappa shape index (κ3) is 5.12. The summed E-state index contributed by atoms with van der Waals surface area (Å²) in [5.41, 5.74) is 4.53. The van der Waals surface area contributed by atoms with Crippen molar-refractivity contribution in [3.63, 3.8) is 0 Å². The van der Waals surface area contributed by atoms with E-state index in [1.165, 1.54) is 0 Å². The first-order valence-corrected chi connectivity index (χ1v) is 8.53. The van der Waals surface area contributed by atoms with E-state index in [2.05, 4.69) is 15.8 Å². The van der Waals surface area contributed by atoms with Gasteiger partial charge in [0.2, 0.25) is 0 Å². The van der Waals surface area contributed by atoms with E-state index in [9.17, 15) is 9.59 Å². The molecule has 0 fully saturated rings. The smallest absolute Gasteiger partial charge is 0.267 e. The van der Waals surface area contributed by atoms with E-state index in [0.717, 1.165) is 5.56 Å². The van der Waals surface area contributed by atoms with E-state index in [1.807, 2.05) is 54.6 Å². The van der Waals surface area contributed by atoms with Gasteiger partial charge >= 0.3 is 0 Å². The second kappa shape index (κ2) is 9.10. The highest BCUT2D eigenvalue weighted by atomic mass is 16.2. The Hall–Kier alpha value is -3.73. The van der Waals surface area contributed by atoms with Crippen molar-refractivity contribution in [2.75, 3.05) is 0 Å². The maximum absolute atomic E-state index is 12.7. The van der Waals surface area contributed by atoms with Gasteiger partial charge in [-0.15, -0.1) is 0 Å². The van der Waals surface area contributed by atoms with E-state index in [1.54, 1.807) is 42.6 Å². The Labute approximate surface area is 157 Å². The Bertz CT molecular complexity index is 910. The zero-order chi connectivity index (χ0) is 18.9.